The van der Waals surface area contributed by atoms with Gasteiger partial charge in [-0.2, -0.15) is 0 Å². The van der Waals surface area contributed by atoms with Crippen LogP contribution in [-0.2, 0) is 4.74 Å². The summed E-state index contributed by atoms with van der Waals surface area (Å²) in [6.07, 6.45) is 1.84. The third-order valence-electron chi connectivity index (χ3n) is 4.68. The number of carbonyl (C=O) groups excluding carboxylic acids is 1. The van der Waals surface area contributed by atoms with E-state index in [2.05, 4.69) is 47.3 Å². The van der Waals surface area contributed by atoms with E-state index in [1.54, 1.807) is 19.1 Å². The maximum absolute atomic E-state index is 12.1. The van der Waals surface area contributed by atoms with Gasteiger partial charge in [-0.25, -0.2) is 14.8 Å². The molecule has 2 aromatic carbocycles. The summed E-state index contributed by atoms with van der Waals surface area (Å²) in [5.41, 5.74) is 6.14. The summed E-state index contributed by atoms with van der Waals surface area (Å²) in [6, 6.07) is 15.3. The number of esters is 1. The molecule has 6 nitrogen and oxygen atoms in total. The molecule has 0 saturated heterocycles. The smallest absolute Gasteiger partial charge is 0.338 e. The van der Waals surface area contributed by atoms with Crippen molar-refractivity contribution in [2.24, 2.45) is 0 Å². The number of fused-ring (bicyclic) bond motifs is 1. The zero-order valence-electron chi connectivity index (χ0n) is 16.6. The molecule has 2 heterocycles. The second-order valence-electron chi connectivity index (χ2n) is 6.88. The molecule has 4 aromatic rings. The Morgan fingerprint density at radius 2 is 1.97 bits per heavy atom. The first-order chi connectivity index (χ1) is 14.0. The van der Waals surface area contributed by atoms with E-state index in [0.29, 0.717) is 23.8 Å². The zero-order chi connectivity index (χ0) is 20.4. The largest absolute Gasteiger partial charge is 0.462 e. The highest BCUT2D eigenvalue weighted by Crippen LogP contribution is 2.28. The molecule has 2 aromatic heterocycles. The fourth-order valence-electron chi connectivity index (χ4n) is 3.16. The minimum Gasteiger partial charge on any atom is -0.462 e. The lowest BCUT2D eigenvalue weighted by Crippen LogP contribution is -2.05. The first kappa shape index (κ1) is 18.7. The summed E-state index contributed by atoms with van der Waals surface area (Å²) < 4.78 is 5.11. The lowest BCUT2D eigenvalue weighted by Gasteiger charge is -2.12. The number of rotatable bonds is 5. The van der Waals surface area contributed by atoms with Gasteiger partial charge >= 0.3 is 5.97 Å². The molecule has 6 heteroatoms. The minimum atomic E-state index is -0.356. The Hall–Kier alpha value is -3.67. The van der Waals surface area contributed by atoms with Crippen molar-refractivity contribution in [1.82, 2.24) is 15.0 Å². The van der Waals surface area contributed by atoms with Gasteiger partial charge in [-0.3, -0.25) is 0 Å². The average molecular weight is 386 g/mol. The second-order valence-corrected chi connectivity index (χ2v) is 6.88. The molecule has 29 heavy (non-hydrogen) atoms. The van der Waals surface area contributed by atoms with Crippen molar-refractivity contribution in [3.63, 3.8) is 0 Å². The van der Waals surface area contributed by atoms with Crippen LogP contribution in [0.5, 0.6) is 0 Å². The fourth-order valence-corrected chi connectivity index (χ4v) is 3.16. The molecule has 0 radical (unpaired) electrons. The van der Waals surface area contributed by atoms with Gasteiger partial charge in [0.05, 0.1) is 17.7 Å². The van der Waals surface area contributed by atoms with Gasteiger partial charge in [0.25, 0.3) is 0 Å². The van der Waals surface area contributed by atoms with Crippen molar-refractivity contribution in [2.45, 2.75) is 20.8 Å². The summed E-state index contributed by atoms with van der Waals surface area (Å²) in [5, 5.41) is 3.44. The van der Waals surface area contributed by atoms with Crippen molar-refractivity contribution in [1.29, 1.82) is 0 Å². The summed E-state index contributed by atoms with van der Waals surface area (Å²) >= 11 is 0. The Morgan fingerprint density at radius 3 is 2.79 bits per heavy atom. The monoisotopic (exact) mass is 386 g/mol. The zero-order valence-corrected chi connectivity index (χ0v) is 16.6. The lowest BCUT2D eigenvalue weighted by molar-refractivity contribution is 0.0526. The maximum atomic E-state index is 12.1. The van der Waals surface area contributed by atoms with Crippen molar-refractivity contribution in [3.8, 4) is 11.4 Å². The van der Waals surface area contributed by atoms with Gasteiger partial charge in [-0.05, 0) is 56.2 Å². The van der Waals surface area contributed by atoms with E-state index in [1.165, 1.54) is 0 Å². The minimum absolute atomic E-state index is 0.332. The Balaban J connectivity index is 1.78. The van der Waals surface area contributed by atoms with E-state index in [0.717, 1.165) is 33.4 Å². The van der Waals surface area contributed by atoms with Gasteiger partial charge in [-0.1, -0.05) is 24.3 Å². The standard InChI is InChI=1S/C23H22N4O2/c1-4-29-23(28)17-7-5-6-16(13-17)21-25-18-10-11-24-20(18)22(27-21)26-19-12-14(2)8-9-15(19)3/h5-13,24H,4H2,1-3H3,(H,25,26,27). The summed E-state index contributed by atoms with van der Waals surface area (Å²) in [7, 11) is 0. The van der Waals surface area contributed by atoms with Crippen LogP contribution in [0, 0.1) is 13.8 Å². The molecule has 146 valence electrons. The van der Waals surface area contributed by atoms with Crippen LogP contribution in [0.4, 0.5) is 11.5 Å². The Morgan fingerprint density at radius 1 is 1.10 bits per heavy atom. The number of anilines is 2. The molecule has 0 atom stereocenters. The van der Waals surface area contributed by atoms with Crippen molar-refractivity contribution in [3.05, 3.63) is 71.4 Å². The second kappa shape index (κ2) is 7.75. The Kier molecular flexibility index (Phi) is 4.99. The molecular weight excluding hydrogens is 364 g/mol. The summed E-state index contributed by atoms with van der Waals surface area (Å²) in [5.74, 6) is 0.868. The normalized spacial score (nSPS) is 10.9. The van der Waals surface area contributed by atoms with Crippen molar-refractivity contribution < 1.29 is 9.53 Å². The number of carbonyl (C=O) groups is 1. The maximum Gasteiger partial charge on any atom is 0.338 e. The van der Waals surface area contributed by atoms with Crippen LogP contribution in [0.15, 0.2) is 54.7 Å². The molecule has 0 aliphatic carbocycles. The summed E-state index contributed by atoms with van der Waals surface area (Å²) in [4.78, 5) is 24.7. The SMILES string of the molecule is CCOC(=O)c1cccc(-c2nc(Nc3cc(C)ccc3C)c3[nH]ccc3n2)c1. The number of H-pyrrole nitrogens is 1. The molecule has 0 aliphatic heterocycles. The molecule has 0 aliphatic rings. The molecule has 4 rings (SSSR count). The summed E-state index contributed by atoms with van der Waals surface area (Å²) in [6.45, 7) is 6.23. The third kappa shape index (κ3) is 3.82. The number of ether oxygens (including phenoxy) is 1. The van der Waals surface area contributed by atoms with Gasteiger partial charge < -0.3 is 15.0 Å². The number of hydrogen-bond donors (Lipinski definition) is 2. The van der Waals surface area contributed by atoms with Gasteiger partial charge in [0.15, 0.2) is 11.6 Å². The first-order valence-corrected chi connectivity index (χ1v) is 9.52. The van der Waals surface area contributed by atoms with Gasteiger partial charge in [0.2, 0.25) is 0 Å². The molecule has 0 unspecified atom stereocenters. The molecule has 2 N–H and O–H groups in total. The van der Waals surface area contributed by atoms with Crippen LogP contribution in [0.2, 0.25) is 0 Å². The number of aryl methyl sites for hydroxylation is 2. The van der Waals surface area contributed by atoms with Crippen LogP contribution in [0.1, 0.15) is 28.4 Å². The van der Waals surface area contributed by atoms with Gasteiger partial charge in [0, 0.05) is 17.4 Å². The predicted octanol–water partition coefficient (Wildman–Crippen LogP) is 5.16. The van der Waals surface area contributed by atoms with E-state index in [4.69, 9.17) is 9.72 Å². The van der Waals surface area contributed by atoms with E-state index in [9.17, 15) is 4.79 Å². The number of hydrogen-bond acceptors (Lipinski definition) is 5. The molecule has 0 amide bonds. The number of nitrogens with one attached hydrogen (secondary N) is 2. The van der Waals surface area contributed by atoms with Gasteiger partial charge in [0.1, 0.15) is 5.52 Å². The quantitative estimate of drug-likeness (QED) is 0.463. The number of benzene rings is 2. The van der Waals surface area contributed by atoms with Crippen LogP contribution in [0.25, 0.3) is 22.4 Å². The highest BCUT2D eigenvalue weighted by atomic mass is 16.5. The van der Waals surface area contributed by atoms with Crippen LogP contribution >= 0.6 is 0 Å². The molecule has 0 bridgehead atoms. The molecular formula is C23H22N4O2. The highest BCUT2D eigenvalue weighted by Gasteiger charge is 2.14. The molecule has 0 spiro atoms. The van der Waals surface area contributed by atoms with Crippen molar-refractivity contribution in [2.75, 3.05) is 11.9 Å². The topological polar surface area (TPSA) is 79.9 Å². The van der Waals surface area contributed by atoms with Crippen LogP contribution in [-0.4, -0.2) is 27.5 Å². The predicted molar refractivity (Wildman–Crippen MR) is 114 cm³/mol. The van der Waals surface area contributed by atoms with Crippen LogP contribution in [0.3, 0.4) is 0 Å². The van der Waals surface area contributed by atoms with E-state index in [1.807, 2.05) is 24.4 Å². The first-order valence-electron chi connectivity index (χ1n) is 9.52. The average Bonchev–Trinajstić information content (AvgIpc) is 3.20. The number of aromatic nitrogens is 3. The Labute approximate surface area is 169 Å². The fraction of sp³-hybridized carbons (Fsp3) is 0.174. The molecule has 0 saturated carbocycles. The number of nitrogens with zero attached hydrogens (tertiary/aromatic N) is 2. The third-order valence-corrected chi connectivity index (χ3v) is 4.68. The number of aromatic amines is 1. The highest BCUT2D eigenvalue weighted by molar-refractivity contribution is 5.92. The van der Waals surface area contributed by atoms with E-state index < -0.39 is 0 Å². The van der Waals surface area contributed by atoms with Gasteiger partial charge in [-0.15, -0.1) is 0 Å². The molecule has 0 fully saturated rings. The Bertz CT molecular complexity index is 1200. The van der Waals surface area contributed by atoms with Crippen molar-refractivity contribution >= 4 is 28.5 Å². The van der Waals surface area contributed by atoms with E-state index >= 15 is 0 Å². The van der Waals surface area contributed by atoms with E-state index in [-0.39, 0.29) is 5.97 Å². The van der Waals surface area contributed by atoms with Crippen LogP contribution < -0.4 is 5.32 Å². The lowest BCUT2D eigenvalue weighted by atomic mass is 10.1.